The molecule has 1 atom stereocenters. The third-order valence-corrected chi connectivity index (χ3v) is 5.43. The second-order valence-corrected chi connectivity index (χ2v) is 9.26. The Morgan fingerprint density at radius 1 is 0.925 bits per heavy atom. The molecule has 0 saturated carbocycles. The van der Waals surface area contributed by atoms with Crippen molar-refractivity contribution in [1.29, 1.82) is 0 Å². The Kier molecular flexibility index (Phi) is 13.8. The van der Waals surface area contributed by atoms with Gasteiger partial charge in [-0.15, -0.1) is 0 Å². The van der Waals surface area contributed by atoms with Gasteiger partial charge in [0.25, 0.3) is 0 Å². The van der Waals surface area contributed by atoms with Gasteiger partial charge in [0.2, 0.25) is 12.7 Å². The van der Waals surface area contributed by atoms with Gasteiger partial charge in [-0.1, -0.05) is 43.5 Å². The van der Waals surface area contributed by atoms with Gasteiger partial charge in [0.05, 0.1) is 31.5 Å². The molecule has 0 bridgehead atoms. The van der Waals surface area contributed by atoms with Gasteiger partial charge in [-0.2, -0.15) is 0 Å². The van der Waals surface area contributed by atoms with Gasteiger partial charge in [-0.05, 0) is 32.8 Å². The molecular weight excluding hydrogens is 526 g/mol. The largest absolute Gasteiger partial charge is 0.478 e. The molecule has 0 heterocycles. The minimum atomic E-state index is -1.35. The van der Waals surface area contributed by atoms with Crippen molar-refractivity contribution in [2.45, 2.75) is 52.5 Å². The molecule has 0 aliphatic heterocycles. The van der Waals surface area contributed by atoms with Gasteiger partial charge in [-0.3, -0.25) is 14.4 Å². The number of carboxylic acids is 1. The Labute approximate surface area is 232 Å². The van der Waals surface area contributed by atoms with E-state index in [2.05, 4.69) is 23.2 Å². The molecule has 0 aromatic heterocycles. The molecule has 1 aromatic carbocycles. The van der Waals surface area contributed by atoms with Crippen LogP contribution < -0.4 is 5.32 Å². The molecular formula is C28H35NO11. The number of hydrogen-bond donors (Lipinski definition) is 2. The second-order valence-electron chi connectivity index (χ2n) is 9.26. The van der Waals surface area contributed by atoms with Gasteiger partial charge in [-0.25, -0.2) is 14.4 Å². The van der Waals surface area contributed by atoms with Crippen molar-refractivity contribution in [3.8, 4) is 0 Å². The highest BCUT2D eigenvalue weighted by Crippen LogP contribution is 2.22. The van der Waals surface area contributed by atoms with Crippen molar-refractivity contribution < 1.29 is 52.8 Å². The van der Waals surface area contributed by atoms with Crippen molar-refractivity contribution in [3.05, 3.63) is 60.2 Å². The maximum atomic E-state index is 12.5. The molecule has 0 fully saturated rings. The molecule has 218 valence electrons. The number of carbonyl (C=O) groups excluding carboxylic acids is 5. The summed E-state index contributed by atoms with van der Waals surface area (Å²) in [7, 11) is 0. The predicted molar refractivity (Wildman–Crippen MR) is 140 cm³/mol. The van der Waals surface area contributed by atoms with Crippen LogP contribution in [0.2, 0.25) is 0 Å². The number of nitrogens with one attached hydrogen (secondary N) is 1. The lowest BCUT2D eigenvalue weighted by atomic mass is 9.90. The van der Waals surface area contributed by atoms with E-state index < -0.39 is 66.8 Å². The van der Waals surface area contributed by atoms with E-state index in [1.807, 2.05) is 6.07 Å². The number of carbonyl (C=O) groups is 6. The van der Waals surface area contributed by atoms with E-state index in [9.17, 15) is 28.8 Å². The summed E-state index contributed by atoms with van der Waals surface area (Å²) in [5.41, 5.74) is -0.860. The Hall–Kier alpha value is -4.48. The van der Waals surface area contributed by atoms with Gasteiger partial charge >= 0.3 is 29.8 Å². The monoisotopic (exact) mass is 561 g/mol. The molecule has 1 aromatic rings. The molecule has 1 unspecified atom stereocenters. The molecule has 1 amide bonds. The van der Waals surface area contributed by atoms with Crippen LogP contribution in [-0.2, 0) is 54.1 Å². The number of amides is 1. The molecule has 40 heavy (non-hydrogen) atoms. The SMILES string of the molecule is C=C(CC(=O)OCOC(=O)C(C)(C)CCOC(=O)C(=C)CC(=O)NC(Cc1ccccc1)C(=O)OCC)C(=O)O. The van der Waals surface area contributed by atoms with E-state index in [-0.39, 0.29) is 37.2 Å². The summed E-state index contributed by atoms with van der Waals surface area (Å²) in [6, 6.07) is 8.07. The quantitative estimate of drug-likeness (QED) is 0.124. The molecule has 0 aliphatic rings. The fourth-order valence-corrected chi connectivity index (χ4v) is 3.05. The predicted octanol–water partition coefficient (Wildman–Crippen LogP) is 2.26. The van der Waals surface area contributed by atoms with Crippen LogP contribution in [0.15, 0.2) is 54.6 Å². The average molecular weight is 562 g/mol. The maximum absolute atomic E-state index is 12.5. The minimum absolute atomic E-state index is 0.0306. The number of aliphatic carboxylic acids is 1. The van der Waals surface area contributed by atoms with Gasteiger partial charge < -0.3 is 29.4 Å². The Morgan fingerprint density at radius 2 is 1.57 bits per heavy atom. The zero-order valence-corrected chi connectivity index (χ0v) is 22.9. The maximum Gasteiger partial charge on any atom is 0.333 e. The van der Waals surface area contributed by atoms with E-state index >= 15 is 0 Å². The highest BCUT2D eigenvalue weighted by atomic mass is 16.7. The zero-order valence-electron chi connectivity index (χ0n) is 22.9. The first-order valence-corrected chi connectivity index (χ1v) is 12.4. The van der Waals surface area contributed by atoms with E-state index in [0.29, 0.717) is 0 Å². The Balaban J connectivity index is 2.49. The highest BCUT2D eigenvalue weighted by molar-refractivity contribution is 5.96. The Bertz CT molecular complexity index is 1110. The molecule has 0 aliphatic carbocycles. The molecule has 0 spiro atoms. The lowest BCUT2D eigenvalue weighted by Gasteiger charge is -2.22. The third-order valence-electron chi connectivity index (χ3n) is 5.43. The second kappa shape index (κ2) is 16.5. The van der Waals surface area contributed by atoms with E-state index in [1.54, 1.807) is 31.2 Å². The summed E-state index contributed by atoms with van der Waals surface area (Å²) in [6.07, 6.45) is -0.757. The minimum Gasteiger partial charge on any atom is -0.478 e. The first kappa shape index (κ1) is 33.5. The number of rotatable bonds is 17. The van der Waals surface area contributed by atoms with E-state index in [0.717, 1.165) is 5.56 Å². The van der Waals surface area contributed by atoms with Crippen molar-refractivity contribution in [2.75, 3.05) is 20.0 Å². The van der Waals surface area contributed by atoms with Crippen LogP contribution in [0.5, 0.6) is 0 Å². The fourth-order valence-electron chi connectivity index (χ4n) is 3.05. The van der Waals surface area contributed by atoms with Gasteiger partial charge in [0.15, 0.2) is 0 Å². The highest BCUT2D eigenvalue weighted by Gasteiger charge is 2.30. The number of esters is 4. The van der Waals surface area contributed by atoms with E-state index in [4.69, 9.17) is 19.3 Å². The number of ether oxygens (including phenoxy) is 4. The molecule has 2 N–H and O–H groups in total. The lowest BCUT2D eigenvalue weighted by molar-refractivity contribution is -0.175. The molecule has 0 saturated heterocycles. The standard InChI is InChI=1S/C28H35NO11/c1-6-37-26(35)21(16-20-10-8-7-9-11-20)29-22(30)14-19(3)25(34)38-13-12-28(4,5)27(36)40-17-39-23(31)15-18(2)24(32)33/h7-11,21H,2-3,6,12-17H2,1,4-5H3,(H,29,30)(H,32,33). The number of benzene rings is 1. The van der Waals surface area contributed by atoms with Crippen LogP contribution >= 0.6 is 0 Å². The van der Waals surface area contributed by atoms with Crippen molar-refractivity contribution >= 4 is 35.8 Å². The topological polar surface area (TPSA) is 172 Å². The lowest BCUT2D eigenvalue weighted by Crippen LogP contribution is -2.43. The summed E-state index contributed by atoms with van der Waals surface area (Å²) < 4.78 is 19.7. The molecule has 1 rings (SSSR count). The molecule has 0 radical (unpaired) electrons. The van der Waals surface area contributed by atoms with Crippen LogP contribution in [0.1, 0.15) is 45.6 Å². The normalized spacial score (nSPS) is 11.4. The third kappa shape index (κ3) is 12.4. The summed E-state index contributed by atoms with van der Waals surface area (Å²) in [5, 5.41) is 11.3. The van der Waals surface area contributed by atoms with Crippen molar-refractivity contribution in [1.82, 2.24) is 5.32 Å². The smallest absolute Gasteiger partial charge is 0.333 e. The van der Waals surface area contributed by atoms with Crippen LogP contribution in [0.4, 0.5) is 0 Å². The summed E-state index contributed by atoms with van der Waals surface area (Å²) in [6.45, 7) is 10.6. The summed E-state index contributed by atoms with van der Waals surface area (Å²) >= 11 is 0. The first-order chi connectivity index (χ1) is 18.8. The van der Waals surface area contributed by atoms with Gasteiger partial charge in [0.1, 0.15) is 6.04 Å². The summed E-state index contributed by atoms with van der Waals surface area (Å²) in [4.78, 5) is 71.6. The van der Waals surface area contributed by atoms with Crippen LogP contribution in [0.25, 0.3) is 0 Å². The van der Waals surface area contributed by atoms with Crippen molar-refractivity contribution in [3.63, 3.8) is 0 Å². The fraction of sp³-hybridized carbons (Fsp3) is 0.429. The van der Waals surface area contributed by atoms with Gasteiger partial charge in [0, 0.05) is 17.6 Å². The number of hydrogen-bond acceptors (Lipinski definition) is 10. The van der Waals surface area contributed by atoms with Crippen LogP contribution in [0.3, 0.4) is 0 Å². The average Bonchev–Trinajstić information content (AvgIpc) is 2.88. The zero-order chi connectivity index (χ0) is 30.3. The van der Waals surface area contributed by atoms with Crippen LogP contribution in [0, 0.1) is 5.41 Å². The Morgan fingerprint density at radius 3 is 2.17 bits per heavy atom. The van der Waals surface area contributed by atoms with Crippen LogP contribution in [-0.4, -0.2) is 66.9 Å². The molecule has 12 nitrogen and oxygen atoms in total. The molecule has 12 heteroatoms. The summed E-state index contributed by atoms with van der Waals surface area (Å²) in [5.74, 6) is -5.12. The van der Waals surface area contributed by atoms with E-state index in [1.165, 1.54) is 13.8 Å². The van der Waals surface area contributed by atoms with Crippen molar-refractivity contribution in [2.24, 2.45) is 5.41 Å². The number of carboxylic acid groups (broad SMARTS) is 1. The first-order valence-electron chi connectivity index (χ1n) is 12.4.